The van der Waals surface area contributed by atoms with Gasteiger partial charge in [0.25, 0.3) is 5.91 Å². The lowest BCUT2D eigenvalue weighted by atomic mass is 10.1. The van der Waals surface area contributed by atoms with Crippen molar-refractivity contribution in [2.24, 2.45) is 0 Å². The van der Waals surface area contributed by atoms with Crippen molar-refractivity contribution in [2.75, 3.05) is 26.3 Å². The number of H-pyrrole nitrogens is 1. The van der Waals surface area contributed by atoms with Gasteiger partial charge in [0.1, 0.15) is 12.4 Å². The minimum Gasteiger partial charge on any atom is -0.491 e. The zero-order valence-corrected chi connectivity index (χ0v) is 15.1. The number of carbonyl (C=O) groups excluding carboxylic acids is 1. The second-order valence-corrected chi connectivity index (χ2v) is 6.64. The average molecular weight is 365 g/mol. The lowest BCUT2D eigenvalue weighted by Crippen LogP contribution is -2.41. The van der Waals surface area contributed by atoms with Crippen LogP contribution in [0.5, 0.6) is 5.75 Å². The van der Waals surface area contributed by atoms with E-state index in [1.54, 1.807) is 0 Å². The summed E-state index contributed by atoms with van der Waals surface area (Å²) in [5.41, 5.74) is 1.39. The number of aromatic amines is 1. The molecule has 4 rings (SSSR count). The fourth-order valence-corrected chi connectivity index (χ4v) is 3.39. The second-order valence-electron chi connectivity index (χ2n) is 6.64. The molecule has 1 fully saturated rings. The van der Waals surface area contributed by atoms with Gasteiger partial charge in [0, 0.05) is 18.5 Å². The highest BCUT2D eigenvalue weighted by molar-refractivity contribution is 6.04. The fourth-order valence-electron chi connectivity index (χ4n) is 3.39. The maximum Gasteiger partial charge on any atom is 0.274 e. The van der Waals surface area contributed by atoms with Gasteiger partial charge in [-0.1, -0.05) is 36.4 Å². The first kappa shape index (κ1) is 17.5. The van der Waals surface area contributed by atoms with Gasteiger partial charge in [-0.05, 0) is 31.0 Å². The van der Waals surface area contributed by atoms with Crippen LogP contribution in [0.3, 0.4) is 0 Å². The smallest absolute Gasteiger partial charge is 0.274 e. The molecule has 0 bridgehead atoms. The van der Waals surface area contributed by atoms with Gasteiger partial charge in [-0.2, -0.15) is 5.10 Å². The molecule has 0 atom stereocenters. The van der Waals surface area contributed by atoms with E-state index in [2.05, 4.69) is 10.2 Å². The number of nitrogens with one attached hydrogen (secondary N) is 1. The molecule has 3 aromatic rings. The van der Waals surface area contributed by atoms with Gasteiger partial charge in [0.05, 0.1) is 18.2 Å². The van der Waals surface area contributed by atoms with Crippen LogP contribution in [0.15, 0.2) is 54.6 Å². The Morgan fingerprint density at radius 2 is 1.78 bits per heavy atom. The zero-order chi connectivity index (χ0) is 18.5. The number of ether oxygens (including phenoxy) is 2. The van der Waals surface area contributed by atoms with Crippen molar-refractivity contribution in [1.82, 2.24) is 15.1 Å². The van der Waals surface area contributed by atoms with E-state index in [0.29, 0.717) is 32.0 Å². The van der Waals surface area contributed by atoms with Gasteiger partial charge in [0.15, 0.2) is 5.69 Å². The largest absolute Gasteiger partial charge is 0.491 e. The summed E-state index contributed by atoms with van der Waals surface area (Å²) in [6.07, 6.45) is 1.84. The number of likely N-dealkylation sites (tertiary alicyclic amines) is 1. The van der Waals surface area contributed by atoms with Crippen molar-refractivity contribution in [3.63, 3.8) is 0 Å². The Labute approximate surface area is 158 Å². The third-order valence-corrected chi connectivity index (χ3v) is 4.85. The molecule has 0 saturated carbocycles. The molecule has 0 unspecified atom stereocenters. The molecule has 1 aromatic heterocycles. The standard InChI is InChI=1S/C21H23N3O3/c25-21(20-18-8-4-5-9-19(18)22-23-20)24-12-10-17(11-13-24)27-15-14-26-16-6-2-1-3-7-16/h1-9,17H,10-15H2,(H,22,23). The lowest BCUT2D eigenvalue weighted by Gasteiger charge is -2.31. The molecule has 1 saturated heterocycles. The fraction of sp³-hybridized carbons (Fsp3) is 0.333. The first-order valence-electron chi connectivity index (χ1n) is 9.33. The molecular formula is C21H23N3O3. The molecule has 6 heteroatoms. The molecule has 0 aliphatic carbocycles. The molecule has 1 aliphatic rings. The summed E-state index contributed by atoms with van der Waals surface area (Å²) in [6.45, 7) is 2.45. The number of piperidine rings is 1. The zero-order valence-electron chi connectivity index (χ0n) is 15.1. The Morgan fingerprint density at radius 1 is 1.04 bits per heavy atom. The van der Waals surface area contributed by atoms with Crippen LogP contribution in [0.1, 0.15) is 23.3 Å². The molecule has 140 valence electrons. The minimum atomic E-state index is -0.0155. The maximum atomic E-state index is 12.8. The van der Waals surface area contributed by atoms with Gasteiger partial charge in [-0.15, -0.1) is 0 Å². The molecule has 0 spiro atoms. The van der Waals surface area contributed by atoms with Gasteiger partial charge in [-0.3, -0.25) is 9.89 Å². The highest BCUT2D eigenvalue weighted by Crippen LogP contribution is 2.20. The number of rotatable bonds is 6. The summed E-state index contributed by atoms with van der Waals surface area (Å²) in [7, 11) is 0. The van der Waals surface area contributed by atoms with E-state index < -0.39 is 0 Å². The number of amides is 1. The van der Waals surface area contributed by atoms with Gasteiger partial charge in [0.2, 0.25) is 0 Å². The SMILES string of the molecule is O=C(c1n[nH]c2ccccc12)N1CCC(OCCOc2ccccc2)CC1. The Balaban J connectivity index is 1.23. The number of fused-ring (bicyclic) bond motifs is 1. The van der Waals surface area contributed by atoms with E-state index in [4.69, 9.17) is 9.47 Å². The molecular weight excluding hydrogens is 342 g/mol. The number of nitrogens with zero attached hydrogens (tertiary/aromatic N) is 2. The first-order valence-corrected chi connectivity index (χ1v) is 9.33. The van der Waals surface area contributed by atoms with E-state index in [1.165, 1.54) is 0 Å². The van der Waals surface area contributed by atoms with Gasteiger partial charge < -0.3 is 14.4 Å². The van der Waals surface area contributed by atoms with Crippen molar-refractivity contribution < 1.29 is 14.3 Å². The van der Waals surface area contributed by atoms with E-state index in [9.17, 15) is 4.79 Å². The van der Waals surface area contributed by atoms with Crippen LogP contribution in [0.25, 0.3) is 10.9 Å². The number of aromatic nitrogens is 2. The Bertz CT molecular complexity index is 886. The van der Waals surface area contributed by atoms with Crippen molar-refractivity contribution >= 4 is 16.8 Å². The van der Waals surface area contributed by atoms with Crippen LogP contribution >= 0.6 is 0 Å². The highest BCUT2D eigenvalue weighted by atomic mass is 16.5. The number of benzene rings is 2. The topological polar surface area (TPSA) is 67.5 Å². The molecule has 2 aromatic carbocycles. The van der Waals surface area contributed by atoms with Gasteiger partial charge >= 0.3 is 0 Å². The summed E-state index contributed by atoms with van der Waals surface area (Å²) >= 11 is 0. The average Bonchev–Trinajstić information content (AvgIpc) is 3.16. The summed E-state index contributed by atoms with van der Waals surface area (Å²) in [6, 6.07) is 17.4. The number of hydrogen-bond donors (Lipinski definition) is 1. The third kappa shape index (κ3) is 4.11. The normalized spacial score (nSPS) is 15.2. The van der Waals surface area contributed by atoms with Crippen LogP contribution in [-0.4, -0.2) is 53.4 Å². The number of carbonyl (C=O) groups is 1. The molecule has 1 amide bonds. The number of para-hydroxylation sites is 2. The van der Waals surface area contributed by atoms with Crippen molar-refractivity contribution in [2.45, 2.75) is 18.9 Å². The molecule has 1 N–H and O–H groups in total. The van der Waals surface area contributed by atoms with E-state index in [-0.39, 0.29) is 12.0 Å². The number of hydrogen-bond acceptors (Lipinski definition) is 4. The summed E-state index contributed by atoms with van der Waals surface area (Å²) < 4.78 is 11.6. The minimum absolute atomic E-state index is 0.0155. The second kappa shape index (κ2) is 8.22. The van der Waals surface area contributed by atoms with E-state index >= 15 is 0 Å². The Hall–Kier alpha value is -2.86. The molecule has 6 nitrogen and oxygen atoms in total. The molecule has 1 aliphatic heterocycles. The lowest BCUT2D eigenvalue weighted by molar-refractivity contribution is -0.00245. The van der Waals surface area contributed by atoms with Crippen LogP contribution < -0.4 is 4.74 Å². The van der Waals surface area contributed by atoms with Crippen LogP contribution in [0.2, 0.25) is 0 Å². The predicted molar refractivity (Wildman–Crippen MR) is 103 cm³/mol. The highest BCUT2D eigenvalue weighted by Gasteiger charge is 2.26. The van der Waals surface area contributed by atoms with Crippen LogP contribution in [0, 0.1) is 0 Å². The van der Waals surface area contributed by atoms with Crippen molar-refractivity contribution in [1.29, 1.82) is 0 Å². The Kier molecular flexibility index (Phi) is 5.34. The van der Waals surface area contributed by atoms with Crippen LogP contribution in [0.4, 0.5) is 0 Å². The first-order chi connectivity index (χ1) is 13.3. The maximum absolute atomic E-state index is 12.8. The molecule has 27 heavy (non-hydrogen) atoms. The van der Waals surface area contributed by atoms with Gasteiger partial charge in [-0.25, -0.2) is 0 Å². The Morgan fingerprint density at radius 3 is 2.59 bits per heavy atom. The predicted octanol–water partition coefficient (Wildman–Crippen LogP) is 3.26. The van der Waals surface area contributed by atoms with E-state index in [1.807, 2.05) is 59.5 Å². The van der Waals surface area contributed by atoms with Crippen molar-refractivity contribution in [3.05, 3.63) is 60.3 Å². The monoisotopic (exact) mass is 365 g/mol. The van der Waals surface area contributed by atoms with E-state index in [0.717, 1.165) is 29.5 Å². The molecule has 2 heterocycles. The summed E-state index contributed by atoms with van der Waals surface area (Å²) in [5.74, 6) is 0.839. The third-order valence-electron chi connectivity index (χ3n) is 4.85. The summed E-state index contributed by atoms with van der Waals surface area (Å²) in [4.78, 5) is 14.6. The molecule has 0 radical (unpaired) electrons. The summed E-state index contributed by atoms with van der Waals surface area (Å²) in [5, 5.41) is 8.02. The van der Waals surface area contributed by atoms with Crippen molar-refractivity contribution in [3.8, 4) is 5.75 Å². The quantitative estimate of drug-likeness (QED) is 0.681. The van der Waals surface area contributed by atoms with Crippen LogP contribution in [-0.2, 0) is 4.74 Å².